The molecule has 1 amide bonds. The van der Waals surface area contributed by atoms with Gasteiger partial charge in [-0.15, -0.1) is 0 Å². The van der Waals surface area contributed by atoms with Gasteiger partial charge in [0.05, 0.1) is 17.3 Å². The molecule has 4 aromatic rings. The van der Waals surface area contributed by atoms with E-state index in [4.69, 9.17) is 4.74 Å². The first-order chi connectivity index (χ1) is 14.0. The largest absolute Gasteiger partial charge is 0.439 e. The van der Waals surface area contributed by atoms with E-state index in [9.17, 15) is 9.59 Å². The number of ether oxygens (including phenoxy) is 1. The predicted molar refractivity (Wildman–Crippen MR) is 113 cm³/mol. The molecule has 0 saturated carbocycles. The number of carbonyl (C=O) groups excluding carboxylic acids is 1. The molecule has 0 fully saturated rings. The highest BCUT2D eigenvalue weighted by molar-refractivity contribution is 9.10. The topological polar surface area (TPSA) is 86.1 Å². The first kappa shape index (κ1) is 18.8. The van der Waals surface area contributed by atoms with Crippen molar-refractivity contribution in [3.8, 4) is 11.6 Å². The Morgan fingerprint density at radius 1 is 1.07 bits per heavy atom. The maximum absolute atomic E-state index is 12.8. The van der Waals surface area contributed by atoms with Gasteiger partial charge >= 0.3 is 0 Å². The number of halogens is 1. The Labute approximate surface area is 174 Å². The highest BCUT2D eigenvalue weighted by Crippen LogP contribution is 2.24. The molecule has 0 saturated heterocycles. The Kier molecular flexibility index (Phi) is 5.09. The summed E-state index contributed by atoms with van der Waals surface area (Å²) >= 11 is 3.39. The van der Waals surface area contributed by atoms with Crippen LogP contribution in [0.4, 0.5) is 5.69 Å². The zero-order valence-corrected chi connectivity index (χ0v) is 16.9. The summed E-state index contributed by atoms with van der Waals surface area (Å²) in [5, 5.41) is 7.81. The molecule has 29 heavy (non-hydrogen) atoms. The van der Waals surface area contributed by atoms with Crippen molar-refractivity contribution < 1.29 is 9.53 Å². The number of anilines is 1. The second-order valence-corrected chi connectivity index (χ2v) is 7.14. The number of amides is 1. The van der Waals surface area contributed by atoms with Crippen LogP contribution >= 0.6 is 15.9 Å². The molecule has 0 atom stereocenters. The number of pyridine rings is 1. The second-order valence-electron chi connectivity index (χ2n) is 6.22. The van der Waals surface area contributed by atoms with Crippen LogP contribution in [0.15, 0.2) is 76.1 Å². The zero-order chi connectivity index (χ0) is 20.4. The number of benzene rings is 2. The van der Waals surface area contributed by atoms with E-state index >= 15 is 0 Å². The summed E-state index contributed by atoms with van der Waals surface area (Å²) in [6.07, 6.45) is 1.50. The van der Waals surface area contributed by atoms with Gasteiger partial charge in [0.2, 0.25) is 5.88 Å². The van der Waals surface area contributed by atoms with Gasteiger partial charge in [-0.2, -0.15) is 5.10 Å². The Bertz CT molecular complexity index is 1270. The van der Waals surface area contributed by atoms with Crippen LogP contribution in [-0.2, 0) is 7.05 Å². The lowest BCUT2D eigenvalue weighted by atomic mass is 10.1. The minimum absolute atomic E-state index is 0.164. The maximum Gasteiger partial charge on any atom is 0.276 e. The molecular formula is C21H15BrN4O3. The van der Waals surface area contributed by atoms with Crippen LogP contribution in [0.25, 0.3) is 10.8 Å². The van der Waals surface area contributed by atoms with Gasteiger partial charge in [0, 0.05) is 23.0 Å². The molecule has 1 N–H and O–H groups in total. The van der Waals surface area contributed by atoms with Crippen molar-refractivity contribution in [3.63, 3.8) is 0 Å². The van der Waals surface area contributed by atoms with Crippen molar-refractivity contribution >= 4 is 38.3 Å². The lowest BCUT2D eigenvalue weighted by Crippen LogP contribution is -2.25. The van der Waals surface area contributed by atoms with Gasteiger partial charge in [0.25, 0.3) is 11.5 Å². The molecule has 0 aliphatic heterocycles. The van der Waals surface area contributed by atoms with E-state index < -0.39 is 5.91 Å². The van der Waals surface area contributed by atoms with Gasteiger partial charge in [-0.1, -0.05) is 40.2 Å². The lowest BCUT2D eigenvalue weighted by molar-refractivity contribution is 0.102. The first-order valence-corrected chi connectivity index (χ1v) is 9.47. The SMILES string of the molecule is Cn1nc(C(=O)Nc2ccc(Oc3cccc(Br)c3)nc2)c2ccccc2c1=O. The van der Waals surface area contributed by atoms with Crippen LogP contribution in [0.5, 0.6) is 11.6 Å². The van der Waals surface area contributed by atoms with E-state index in [1.807, 2.05) is 24.3 Å². The summed E-state index contributed by atoms with van der Waals surface area (Å²) < 4.78 is 7.74. The van der Waals surface area contributed by atoms with Crippen LogP contribution in [0.1, 0.15) is 10.5 Å². The van der Waals surface area contributed by atoms with Crippen LogP contribution in [0.2, 0.25) is 0 Å². The van der Waals surface area contributed by atoms with Crippen molar-refractivity contribution in [2.75, 3.05) is 5.32 Å². The Morgan fingerprint density at radius 3 is 2.59 bits per heavy atom. The molecule has 0 unspecified atom stereocenters. The minimum atomic E-state index is -0.431. The van der Waals surface area contributed by atoms with Gasteiger partial charge in [-0.25, -0.2) is 9.67 Å². The summed E-state index contributed by atoms with van der Waals surface area (Å²) in [7, 11) is 1.52. The third kappa shape index (κ3) is 4.02. The Hall–Kier alpha value is -3.52. The van der Waals surface area contributed by atoms with Crippen LogP contribution in [0.3, 0.4) is 0 Å². The van der Waals surface area contributed by atoms with Crippen molar-refractivity contribution in [2.45, 2.75) is 0 Å². The molecule has 0 aliphatic rings. The number of hydrogen-bond donors (Lipinski definition) is 1. The van der Waals surface area contributed by atoms with Crippen LogP contribution in [-0.4, -0.2) is 20.7 Å². The van der Waals surface area contributed by atoms with E-state index in [0.717, 1.165) is 9.15 Å². The number of nitrogens with zero attached hydrogens (tertiary/aromatic N) is 3. The number of aromatic nitrogens is 3. The molecule has 7 nitrogen and oxygen atoms in total. The van der Waals surface area contributed by atoms with E-state index in [1.54, 1.807) is 36.4 Å². The molecule has 144 valence electrons. The van der Waals surface area contributed by atoms with E-state index in [2.05, 4.69) is 31.3 Å². The van der Waals surface area contributed by atoms with Crippen molar-refractivity contribution in [2.24, 2.45) is 7.05 Å². The van der Waals surface area contributed by atoms with Gasteiger partial charge in [-0.3, -0.25) is 9.59 Å². The number of aryl methyl sites for hydroxylation is 1. The summed E-state index contributed by atoms with van der Waals surface area (Å²) in [6.45, 7) is 0. The molecule has 2 aromatic heterocycles. The fourth-order valence-electron chi connectivity index (χ4n) is 2.82. The Balaban J connectivity index is 1.56. The molecule has 0 bridgehead atoms. The third-order valence-electron chi connectivity index (χ3n) is 4.18. The number of rotatable bonds is 4. The van der Waals surface area contributed by atoms with Gasteiger partial charge in [-0.05, 0) is 30.3 Å². The minimum Gasteiger partial charge on any atom is -0.439 e. The number of fused-ring (bicyclic) bond motifs is 1. The smallest absolute Gasteiger partial charge is 0.276 e. The zero-order valence-electron chi connectivity index (χ0n) is 15.3. The molecular weight excluding hydrogens is 436 g/mol. The third-order valence-corrected chi connectivity index (χ3v) is 4.68. The molecule has 0 aliphatic carbocycles. The molecule has 0 radical (unpaired) electrons. The van der Waals surface area contributed by atoms with Gasteiger partial charge in [0.1, 0.15) is 5.75 Å². The first-order valence-electron chi connectivity index (χ1n) is 8.68. The highest BCUT2D eigenvalue weighted by atomic mass is 79.9. The fourth-order valence-corrected chi connectivity index (χ4v) is 3.20. The van der Waals surface area contributed by atoms with Crippen LogP contribution < -0.4 is 15.6 Å². The molecule has 2 aromatic carbocycles. The van der Waals surface area contributed by atoms with E-state index in [-0.39, 0.29) is 11.3 Å². The highest BCUT2D eigenvalue weighted by Gasteiger charge is 2.16. The maximum atomic E-state index is 12.8. The van der Waals surface area contributed by atoms with Gasteiger partial charge < -0.3 is 10.1 Å². The number of nitrogens with one attached hydrogen (secondary N) is 1. The van der Waals surface area contributed by atoms with Gasteiger partial charge in [0.15, 0.2) is 5.69 Å². The monoisotopic (exact) mass is 450 g/mol. The summed E-state index contributed by atoms with van der Waals surface area (Å²) in [5.41, 5.74) is 0.390. The predicted octanol–water partition coefficient (Wildman–Crippen LogP) is 4.14. The van der Waals surface area contributed by atoms with Crippen molar-refractivity contribution in [3.05, 3.63) is 87.4 Å². The molecule has 8 heteroatoms. The van der Waals surface area contributed by atoms with Crippen molar-refractivity contribution in [1.82, 2.24) is 14.8 Å². The normalized spacial score (nSPS) is 10.7. The summed E-state index contributed by atoms with van der Waals surface area (Å²) in [5.74, 6) is 0.607. The van der Waals surface area contributed by atoms with Crippen LogP contribution in [0, 0.1) is 0 Å². The van der Waals surface area contributed by atoms with E-state index in [0.29, 0.717) is 28.1 Å². The summed E-state index contributed by atoms with van der Waals surface area (Å²) in [4.78, 5) is 29.2. The fraction of sp³-hybridized carbons (Fsp3) is 0.0476. The van der Waals surface area contributed by atoms with Crippen molar-refractivity contribution in [1.29, 1.82) is 0 Å². The molecule has 0 spiro atoms. The average Bonchev–Trinajstić information content (AvgIpc) is 2.72. The Morgan fingerprint density at radius 2 is 1.86 bits per heavy atom. The number of hydrogen-bond acceptors (Lipinski definition) is 5. The molecule has 2 heterocycles. The molecule has 4 rings (SSSR count). The second kappa shape index (κ2) is 7.84. The van der Waals surface area contributed by atoms with E-state index in [1.165, 1.54) is 13.2 Å². The quantitative estimate of drug-likeness (QED) is 0.504. The number of carbonyl (C=O) groups is 1. The summed E-state index contributed by atoms with van der Waals surface area (Å²) in [6, 6.07) is 17.6. The standard InChI is InChI=1S/C21H15BrN4O3/c1-26-21(28)17-8-3-2-7-16(17)19(25-26)20(27)24-14-9-10-18(23-12-14)29-15-6-4-5-13(22)11-15/h2-12H,1H3,(H,24,27). The lowest BCUT2D eigenvalue weighted by Gasteiger charge is -2.09. The average molecular weight is 451 g/mol.